The van der Waals surface area contributed by atoms with Crippen molar-refractivity contribution in [3.8, 4) is 17.6 Å². The molecule has 2 rings (SSSR count). The molecule has 2 aromatic rings. The molecule has 0 spiro atoms. The number of hydrogen-bond acceptors (Lipinski definition) is 5. The average Bonchev–Trinajstić information content (AvgIpc) is 2.66. The summed E-state index contributed by atoms with van der Waals surface area (Å²) >= 11 is 0. The monoisotopic (exact) mass is 380 g/mol. The van der Waals surface area contributed by atoms with Crippen molar-refractivity contribution in [2.45, 2.75) is 13.8 Å². The van der Waals surface area contributed by atoms with Crippen LogP contribution in [0, 0.1) is 25.2 Å². The number of nitrogens with one attached hydrogen (secondary N) is 1. The summed E-state index contributed by atoms with van der Waals surface area (Å²) in [4.78, 5) is 23.1. The fraction of sp³-hybridized carbons (Fsp3) is 0.190. The SMILES string of the molecule is COc1cc(/C=C(\C#N)C(=O)Nc2ccc(C)cc2C)ccc1OCC(=O)O. The van der Waals surface area contributed by atoms with Crippen molar-refractivity contribution in [2.24, 2.45) is 0 Å². The van der Waals surface area contributed by atoms with Crippen molar-refractivity contribution in [1.29, 1.82) is 5.26 Å². The number of nitriles is 1. The van der Waals surface area contributed by atoms with Gasteiger partial charge in [0.25, 0.3) is 5.91 Å². The predicted molar refractivity (Wildman–Crippen MR) is 104 cm³/mol. The summed E-state index contributed by atoms with van der Waals surface area (Å²) in [6.45, 7) is 3.32. The first kappa shape index (κ1) is 20.5. The van der Waals surface area contributed by atoms with E-state index in [1.54, 1.807) is 18.2 Å². The van der Waals surface area contributed by atoms with Gasteiger partial charge in [0.15, 0.2) is 18.1 Å². The summed E-state index contributed by atoms with van der Waals surface area (Å²) in [5.74, 6) is -1.09. The van der Waals surface area contributed by atoms with Crippen LogP contribution >= 0.6 is 0 Å². The number of rotatable bonds is 7. The molecule has 0 atom stereocenters. The second-order valence-electron chi connectivity index (χ2n) is 6.04. The Bertz CT molecular complexity index is 973. The van der Waals surface area contributed by atoms with Crippen molar-refractivity contribution in [3.05, 3.63) is 58.7 Å². The van der Waals surface area contributed by atoms with E-state index in [0.29, 0.717) is 17.0 Å². The van der Waals surface area contributed by atoms with Gasteiger partial charge >= 0.3 is 5.97 Å². The number of ether oxygens (including phenoxy) is 2. The molecular weight excluding hydrogens is 360 g/mol. The molecule has 0 saturated carbocycles. The molecular formula is C21H20N2O5. The molecule has 2 aromatic carbocycles. The Morgan fingerprint density at radius 2 is 1.93 bits per heavy atom. The van der Waals surface area contributed by atoms with Crippen LogP contribution in [0.4, 0.5) is 5.69 Å². The van der Waals surface area contributed by atoms with Gasteiger partial charge in [-0.1, -0.05) is 23.8 Å². The Labute approximate surface area is 162 Å². The maximum Gasteiger partial charge on any atom is 0.341 e. The lowest BCUT2D eigenvalue weighted by Gasteiger charge is -2.10. The highest BCUT2D eigenvalue weighted by Gasteiger charge is 2.12. The van der Waals surface area contributed by atoms with Crippen LogP contribution in [0.15, 0.2) is 42.0 Å². The molecule has 7 nitrogen and oxygen atoms in total. The number of hydrogen-bond donors (Lipinski definition) is 2. The third-order valence-electron chi connectivity index (χ3n) is 3.85. The molecule has 0 aliphatic rings. The second kappa shape index (κ2) is 9.24. The summed E-state index contributed by atoms with van der Waals surface area (Å²) in [7, 11) is 1.41. The molecule has 0 aromatic heterocycles. The molecule has 0 unspecified atom stereocenters. The third-order valence-corrected chi connectivity index (χ3v) is 3.85. The molecule has 28 heavy (non-hydrogen) atoms. The van der Waals surface area contributed by atoms with E-state index in [9.17, 15) is 14.9 Å². The Balaban J connectivity index is 2.24. The van der Waals surface area contributed by atoms with Gasteiger partial charge < -0.3 is 19.9 Å². The van der Waals surface area contributed by atoms with Crippen LogP contribution in [0.1, 0.15) is 16.7 Å². The summed E-state index contributed by atoms with van der Waals surface area (Å²) < 4.78 is 10.3. The number of carbonyl (C=O) groups excluding carboxylic acids is 1. The van der Waals surface area contributed by atoms with Gasteiger partial charge in [0.1, 0.15) is 11.6 Å². The van der Waals surface area contributed by atoms with Crippen LogP contribution in [0.5, 0.6) is 11.5 Å². The Morgan fingerprint density at radius 3 is 2.54 bits per heavy atom. The normalized spacial score (nSPS) is 10.7. The lowest BCUT2D eigenvalue weighted by Crippen LogP contribution is -2.14. The zero-order valence-corrected chi connectivity index (χ0v) is 15.8. The van der Waals surface area contributed by atoms with Gasteiger partial charge in [-0.05, 0) is 49.2 Å². The minimum atomic E-state index is -1.11. The average molecular weight is 380 g/mol. The molecule has 2 N–H and O–H groups in total. The van der Waals surface area contributed by atoms with Crippen LogP contribution in [0.3, 0.4) is 0 Å². The summed E-state index contributed by atoms with van der Waals surface area (Å²) in [5, 5.41) is 20.8. The van der Waals surface area contributed by atoms with E-state index in [-0.39, 0.29) is 11.3 Å². The van der Waals surface area contributed by atoms with Crippen LogP contribution in [-0.4, -0.2) is 30.7 Å². The minimum Gasteiger partial charge on any atom is -0.493 e. The highest BCUT2D eigenvalue weighted by molar-refractivity contribution is 6.10. The van der Waals surface area contributed by atoms with E-state index in [1.165, 1.54) is 19.3 Å². The van der Waals surface area contributed by atoms with E-state index in [4.69, 9.17) is 14.6 Å². The molecule has 0 aliphatic carbocycles. The molecule has 0 aliphatic heterocycles. The van der Waals surface area contributed by atoms with Gasteiger partial charge in [0, 0.05) is 5.69 Å². The molecule has 0 radical (unpaired) electrons. The largest absolute Gasteiger partial charge is 0.493 e. The van der Waals surface area contributed by atoms with Gasteiger partial charge in [-0.25, -0.2) is 4.79 Å². The highest BCUT2D eigenvalue weighted by atomic mass is 16.5. The highest BCUT2D eigenvalue weighted by Crippen LogP contribution is 2.29. The second-order valence-corrected chi connectivity index (χ2v) is 6.04. The van der Waals surface area contributed by atoms with Crippen LogP contribution in [-0.2, 0) is 9.59 Å². The Hall–Kier alpha value is -3.79. The number of aryl methyl sites for hydroxylation is 2. The number of carboxylic acid groups (broad SMARTS) is 1. The van der Waals surface area contributed by atoms with Crippen molar-refractivity contribution in [1.82, 2.24) is 0 Å². The lowest BCUT2D eigenvalue weighted by atomic mass is 10.1. The third kappa shape index (κ3) is 5.35. The first-order valence-electron chi connectivity index (χ1n) is 8.37. The number of carbonyl (C=O) groups is 2. The maximum atomic E-state index is 12.5. The van der Waals surface area contributed by atoms with E-state index in [1.807, 2.05) is 32.0 Å². The van der Waals surface area contributed by atoms with Crippen LogP contribution in [0.2, 0.25) is 0 Å². The van der Waals surface area contributed by atoms with Crippen LogP contribution in [0.25, 0.3) is 6.08 Å². The topological polar surface area (TPSA) is 109 Å². The molecule has 0 fully saturated rings. The molecule has 0 saturated heterocycles. The van der Waals surface area contributed by atoms with Gasteiger partial charge in [0.2, 0.25) is 0 Å². The summed E-state index contributed by atoms with van der Waals surface area (Å²) in [5.41, 5.74) is 3.05. The van der Waals surface area contributed by atoms with E-state index < -0.39 is 18.5 Å². The van der Waals surface area contributed by atoms with Crippen molar-refractivity contribution < 1.29 is 24.2 Å². The quantitative estimate of drug-likeness (QED) is 0.563. The van der Waals surface area contributed by atoms with Crippen LogP contribution < -0.4 is 14.8 Å². The molecule has 1 amide bonds. The zero-order chi connectivity index (χ0) is 20.7. The molecule has 0 bridgehead atoms. The molecule has 0 heterocycles. The number of anilines is 1. The summed E-state index contributed by atoms with van der Waals surface area (Å²) in [6, 6.07) is 12.2. The van der Waals surface area contributed by atoms with Crippen molar-refractivity contribution in [3.63, 3.8) is 0 Å². The molecule has 7 heteroatoms. The Kier molecular flexibility index (Phi) is 6.77. The fourth-order valence-corrected chi connectivity index (χ4v) is 2.49. The number of amides is 1. The summed E-state index contributed by atoms with van der Waals surface area (Å²) in [6.07, 6.45) is 1.42. The van der Waals surface area contributed by atoms with Gasteiger partial charge in [-0.15, -0.1) is 0 Å². The number of nitrogens with zero attached hydrogens (tertiary/aromatic N) is 1. The standard InChI is InChI=1S/C21H20N2O5/c1-13-4-6-17(14(2)8-13)23-21(26)16(11-22)9-15-5-7-18(19(10-15)27-3)28-12-20(24)25/h4-10H,12H2,1-3H3,(H,23,26)(H,24,25)/b16-9+. The van der Waals surface area contributed by atoms with E-state index >= 15 is 0 Å². The maximum absolute atomic E-state index is 12.5. The van der Waals surface area contributed by atoms with E-state index in [0.717, 1.165) is 11.1 Å². The van der Waals surface area contributed by atoms with E-state index in [2.05, 4.69) is 5.32 Å². The number of carboxylic acids is 1. The lowest BCUT2D eigenvalue weighted by molar-refractivity contribution is -0.139. The van der Waals surface area contributed by atoms with Crippen molar-refractivity contribution in [2.75, 3.05) is 19.0 Å². The zero-order valence-electron chi connectivity index (χ0n) is 15.8. The smallest absolute Gasteiger partial charge is 0.341 e. The first-order chi connectivity index (χ1) is 13.3. The van der Waals surface area contributed by atoms with Crippen molar-refractivity contribution >= 4 is 23.6 Å². The fourth-order valence-electron chi connectivity index (χ4n) is 2.49. The minimum absolute atomic E-state index is 0.0822. The van der Waals surface area contributed by atoms with Gasteiger partial charge in [-0.3, -0.25) is 4.79 Å². The van der Waals surface area contributed by atoms with Gasteiger partial charge in [0.05, 0.1) is 7.11 Å². The predicted octanol–water partition coefficient (Wildman–Crippen LogP) is 3.32. The molecule has 144 valence electrons. The number of benzene rings is 2. The van der Waals surface area contributed by atoms with Gasteiger partial charge in [-0.2, -0.15) is 5.26 Å². The number of methoxy groups -OCH3 is 1. The Morgan fingerprint density at radius 1 is 1.18 bits per heavy atom. The number of aliphatic carboxylic acids is 1. The first-order valence-corrected chi connectivity index (χ1v) is 8.37.